The molecule has 1 N–H and O–H groups in total. The highest BCUT2D eigenvalue weighted by Crippen LogP contribution is 2.39. The lowest BCUT2D eigenvalue weighted by atomic mass is 10.1. The van der Waals surface area contributed by atoms with Crippen molar-refractivity contribution in [2.45, 2.75) is 37.5 Å². The number of carboxylic acid groups (broad SMARTS) is 1. The lowest BCUT2D eigenvalue weighted by Gasteiger charge is -2.46. The predicted octanol–water partition coefficient (Wildman–Crippen LogP) is 3.92. The Kier molecular flexibility index (Phi) is 7.20. The molecular weight excluding hydrogens is 504 g/mol. The lowest BCUT2D eigenvalue weighted by molar-refractivity contribution is -0.145. The molecule has 9 nitrogen and oxygen atoms in total. The van der Waals surface area contributed by atoms with Gasteiger partial charge in [0.15, 0.2) is 0 Å². The smallest absolute Gasteiger partial charge is 0.329 e. The number of hydrogen-bond acceptors (Lipinski definition) is 4. The second kappa shape index (κ2) is 10.6. The first-order chi connectivity index (χ1) is 18.3. The van der Waals surface area contributed by atoms with E-state index in [4.69, 9.17) is 0 Å². The molecule has 0 aromatic heterocycles. The van der Waals surface area contributed by atoms with Crippen molar-refractivity contribution in [1.29, 1.82) is 0 Å². The zero-order valence-corrected chi connectivity index (χ0v) is 21.8. The number of urea groups is 1. The number of anilines is 2. The van der Waals surface area contributed by atoms with Crippen molar-refractivity contribution < 1.29 is 23.1 Å². The summed E-state index contributed by atoms with van der Waals surface area (Å²) in [5.74, 6) is -1.23. The number of carbonyl (C=O) groups is 2. The lowest BCUT2D eigenvalue weighted by Crippen LogP contribution is -2.67. The third-order valence-corrected chi connectivity index (χ3v) is 9.24. The van der Waals surface area contributed by atoms with E-state index in [0.717, 1.165) is 5.56 Å². The number of aliphatic carboxylic acids is 1. The van der Waals surface area contributed by atoms with Gasteiger partial charge in [0, 0.05) is 26.2 Å². The van der Waals surface area contributed by atoms with Crippen LogP contribution in [-0.4, -0.2) is 70.8 Å². The summed E-state index contributed by atoms with van der Waals surface area (Å²) in [4.78, 5) is 29.5. The number of piperazine rings is 1. The number of carbonyl (C=O) groups excluding carboxylic acids is 1. The highest BCUT2D eigenvalue weighted by Gasteiger charge is 2.56. The van der Waals surface area contributed by atoms with Crippen LogP contribution in [0.15, 0.2) is 91.0 Å². The SMILES string of the molecule is CN(Cc1ccccc1)S(=O)(=O)N1C2CC[C@@H]1[C@@H](C(=O)O)N(C(=O)N(c1ccccc1)c1ccccc1)C2. The Bertz CT molecular complexity index is 1350. The van der Waals surface area contributed by atoms with Crippen LogP contribution in [0.2, 0.25) is 0 Å². The van der Waals surface area contributed by atoms with Gasteiger partial charge in [-0.05, 0) is 42.7 Å². The zero-order valence-electron chi connectivity index (χ0n) is 21.0. The molecule has 2 aliphatic heterocycles. The summed E-state index contributed by atoms with van der Waals surface area (Å²) < 4.78 is 30.0. The molecule has 0 aliphatic carbocycles. The average Bonchev–Trinajstić information content (AvgIpc) is 3.24. The van der Waals surface area contributed by atoms with E-state index in [-0.39, 0.29) is 13.1 Å². The van der Waals surface area contributed by atoms with Crippen molar-refractivity contribution in [2.75, 3.05) is 18.5 Å². The van der Waals surface area contributed by atoms with Gasteiger partial charge in [0.05, 0.1) is 17.4 Å². The van der Waals surface area contributed by atoms with E-state index in [1.807, 2.05) is 66.7 Å². The Morgan fingerprint density at radius 1 is 0.868 bits per heavy atom. The number of hydrogen-bond donors (Lipinski definition) is 1. The molecule has 2 fully saturated rings. The Hall–Kier alpha value is -3.73. The molecule has 198 valence electrons. The number of likely N-dealkylation sites (tertiary alicyclic amines) is 1. The summed E-state index contributed by atoms with van der Waals surface area (Å²) in [7, 11) is -2.48. The van der Waals surface area contributed by atoms with Gasteiger partial charge in [0.2, 0.25) is 0 Å². The number of carboxylic acids is 1. The van der Waals surface area contributed by atoms with E-state index in [9.17, 15) is 23.1 Å². The Morgan fingerprint density at radius 3 is 1.92 bits per heavy atom. The first-order valence-corrected chi connectivity index (χ1v) is 13.9. The van der Waals surface area contributed by atoms with Crippen LogP contribution in [0.5, 0.6) is 0 Å². The Morgan fingerprint density at radius 2 is 1.39 bits per heavy atom. The number of para-hydroxylation sites is 2. The number of nitrogens with zero attached hydrogens (tertiary/aromatic N) is 4. The van der Waals surface area contributed by atoms with Gasteiger partial charge in [-0.2, -0.15) is 17.0 Å². The second-order valence-electron chi connectivity index (χ2n) is 9.60. The van der Waals surface area contributed by atoms with Crippen molar-refractivity contribution in [1.82, 2.24) is 13.5 Å². The van der Waals surface area contributed by atoms with Crippen LogP contribution < -0.4 is 4.90 Å². The summed E-state index contributed by atoms with van der Waals surface area (Å²) in [6.45, 7) is 0.149. The summed E-state index contributed by atoms with van der Waals surface area (Å²) in [5, 5.41) is 10.3. The fraction of sp³-hybridized carbons (Fsp3) is 0.286. The number of amides is 2. The first kappa shape index (κ1) is 25.9. The van der Waals surface area contributed by atoms with E-state index in [1.54, 1.807) is 24.3 Å². The summed E-state index contributed by atoms with van der Waals surface area (Å²) in [5.41, 5.74) is 2.02. The number of benzene rings is 3. The van der Waals surface area contributed by atoms with Gasteiger partial charge in [-0.1, -0.05) is 66.7 Å². The van der Waals surface area contributed by atoms with Gasteiger partial charge in [-0.15, -0.1) is 0 Å². The van der Waals surface area contributed by atoms with Crippen molar-refractivity contribution in [3.8, 4) is 0 Å². The predicted molar refractivity (Wildman–Crippen MR) is 144 cm³/mol. The minimum atomic E-state index is -3.98. The van der Waals surface area contributed by atoms with Crippen molar-refractivity contribution >= 4 is 33.6 Å². The van der Waals surface area contributed by atoms with Gasteiger partial charge in [-0.25, -0.2) is 9.59 Å². The summed E-state index contributed by atoms with van der Waals surface area (Å²) in [6.07, 6.45) is 0.841. The van der Waals surface area contributed by atoms with E-state index in [0.29, 0.717) is 24.2 Å². The van der Waals surface area contributed by atoms with Crippen LogP contribution in [0.25, 0.3) is 0 Å². The molecule has 3 aromatic carbocycles. The first-order valence-electron chi connectivity index (χ1n) is 12.5. The Balaban J connectivity index is 1.47. The van der Waals surface area contributed by atoms with Crippen LogP contribution in [0.3, 0.4) is 0 Å². The fourth-order valence-corrected chi connectivity index (χ4v) is 7.24. The van der Waals surface area contributed by atoms with Crippen molar-refractivity contribution in [2.24, 2.45) is 0 Å². The molecule has 38 heavy (non-hydrogen) atoms. The minimum absolute atomic E-state index is 0.0130. The van der Waals surface area contributed by atoms with Crippen LogP contribution in [0.4, 0.5) is 16.2 Å². The maximum atomic E-state index is 14.1. The Labute approximate surface area is 222 Å². The molecule has 2 amide bonds. The maximum Gasteiger partial charge on any atom is 0.329 e. The van der Waals surface area contributed by atoms with Gasteiger partial charge in [0.25, 0.3) is 10.2 Å². The molecule has 10 heteroatoms. The van der Waals surface area contributed by atoms with Crippen molar-refractivity contribution in [3.63, 3.8) is 0 Å². The normalized spacial score (nSPS) is 21.4. The molecule has 2 saturated heterocycles. The second-order valence-corrected chi connectivity index (χ2v) is 11.5. The largest absolute Gasteiger partial charge is 0.480 e. The van der Waals surface area contributed by atoms with Crippen LogP contribution in [0.1, 0.15) is 18.4 Å². The van der Waals surface area contributed by atoms with Crippen LogP contribution in [0, 0.1) is 0 Å². The minimum Gasteiger partial charge on any atom is -0.480 e. The third-order valence-electron chi connectivity index (χ3n) is 7.22. The van der Waals surface area contributed by atoms with Crippen LogP contribution in [-0.2, 0) is 21.5 Å². The van der Waals surface area contributed by atoms with Gasteiger partial charge in [-0.3, -0.25) is 4.90 Å². The van der Waals surface area contributed by atoms with Gasteiger partial charge < -0.3 is 10.0 Å². The average molecular weight is 535 g/mol. The van der Waals surface area contributed by atoms with Crippen LogP contribution >= 0.6 is 0 Å². The zero-order chi connectivity index (χ0) is 26.9. The molecular formula is C28H30N4O5S. The molecule has 5 rings (SSSR count). The molecule has 0 radical (unpaired) electrons. The van der Waals surface area contributed by atoms with E-state index >= 15 is 0 Å². The molecule has 2 aliphatic rings. The molecule has 3 atom stereocenters. The highest BCUT2D eigenvalue weighted by atomic mass is 32.2. The summed E-state index contributed by atoms with van der Waals surface area (Å²) in [6, 6.07) is 24.1. The third kappa shape index (κ3) is 4.78. The van der Waals surface area contributed by atoms with E-state index in [1.165, 1.54) is 25.5 Å². The topological polar surface area (TPSA) is 101 Å². The van der Waals surface area contributed by atoms with Gasteiger partial charge >= 0.3 is 12.0 Å². The maximum absolute atomic E-state index is 14.1. The quantitative estimate of drug-likeness (QED) is 0.495. The molecule has 3 aromatic rings. The van der Waals surface area contributed by atoms with Crippen molar-refractivity contribution in [3.05, 3.63) is 96.6 Å². The molecule has 1 unspecified atom stereocenters. The standard InChI is InChI=1S/C28H30N4O5S/c1-29(19-21-11-5-2-6-12-21)38(36,37)32-24-17-18-25(32)26(27(33)34)30(20-24)28(35)31(22-13-7-3-8-14-22)23-15-9-4-10-16-23/h2-16,24-26H,17-20H2,1H3,(H,33,34)/t24?,25-,26+/m1/s1. The monoisotopic (exact) mass is 534 g/mol. The van der Waals surface area contributed by atoms with E-state index < -0.39 is 40.3 Å². The number of fused-ring (bicyclic) bond motifs is 2. The summed E-state index contributed by atoms with van der Waals surface area (Å²) >= 11 is 0. The van der Waals surface area contributed by atoms with Gasteiger partial charge in [0.1, 0.15) is 6.04 Å². The molecule has 2 heterocycles. The molecule has 0 saturated carbocycles. The molecule has 2 bridgehead atoms. The molecule has 0 spiro atoms. The highest BCUT2D eigenvalue weighted by molar-refractivity contribution is 7.86. The van der Waals surface area contributed by atoms with E-state index in [2.05, 4.69) is 0 Å². The fourth-order valence-electron chi connectivity index (χ4n) is 5.50. The number of rotatable bonds is 7.